The van der Waals surface area contributed by atoms with Crippen molar-refractivity contribution in [2.24, 2.45) is 0 Å². The number of piperidine rings is 1. The Morgan fingerprint density at radius 3 is 2.58 bits per heavy atom. The van der Waals surface area contributed by atoms with Crippen LogP contribution in [0.1, 0.15) is 37.9 Å². The first kappa shape index (κ1) is 24.7. The van der Waals surface area contributed by atoms with Gasteiger partial charge in [-0.2, -0.15) is 0 Å². The summed E-state index contributed by atoms with van der Waals surface area (Å²) in [7, 11) is 0. The smallest absolute Gasteiger partial charge is 0.261 e. The highest BCUT2D eigenvalue weighted by atomic mass is 32.1. The topological polar surface area (TPSA) is 94.2 Å². The molecular formula is C28H29FN6O2S. The van der Waals surface area contributed by atoms with Crippen molar-refractivity contribution >= 4 is 61.4 Å². The molecule has 196 valence electrons. The number of rotatable bonds is 4. The number of aromatic amines is 1. The summed E-state index contributed by atoms with van der Waals surface area (Å²) in [6, 6.07) is 9.29. The third kappa shape index (κ3) is 3.90. The number of carbonyl (C=O) groups excluding carboxylic acids is 2. The number of anilines is 1. The Balaban J connectivity index is 0.00000264. The van der Waals surface area contributed by atoms with Crippen LogP contribution in [0.4, 0.5) is 10.3 Å². The first-order chi connectivity index (χ1) is 18.1. The average Bonchev–Trinajstić information content (AvgIpc) is 3.69. The zero-order valence-corrected chi connectivity index (χ0v) is 20.9. The van der Waals surface area contributed by atoms with Crippen LogP contribution >= 0.6 is 11.3 Å². The molecule has 0 saturated carbocycles. The summed E-state index contributed by atoms with van der Waals surface area (Å²) < 4.78 is 15.4. The second-order valence-corrected chi connectivity index (χ2v) is 10.8. The molecule has 2 atom stereocenters. The van der Waals surface area contributed by atoms with E-state index in [1.165, 1.54) is 11.3 Å². The predicted molar refractivity (Wildman–Crippen MR) is 149 cm³/mol. The summed E-state index contributed by atoms with van der Waals surface area (Å²) in [6.07, 6.45) is 3.69. The molecule has 0 unspecified atom stereocenters. The Morgan fingerprint density at radius 1 is 0.974 bits per heavy atom. The van der Waals surface area contributed by atoms with E-state index in [0.29, 0.717) is 46.6 Å². The van der Waals surface area contributed by atoms with E-state index in [2.05, 4.69) is 15.2 Å². The highest BCUT2D eigenvalue weighted by molar-refractivity contribution is 7.16. The van der Waals surface area contributed by atoms with Gasteiger partial charge in [0.25, 0.3) is 11.8 Å². The number of hydrogen-bond acceptors (Lipinski definition) is 7. The van der Waals surface area contributed by atoms with Gasteiger partial charge in [-0.1, -0.05) is 25.6 Å². The molecule has 2 fully saturated rings. The minimum absolute atomic E-state index is 0. The Labute approximate surface area is 223 Å². The standard InChI is InChI=1S/C27H25FN6O2S.CH4/c28-18-14-34(11-7-20(18)33-9-3-4-10-33)27-30-19-6-2-1-5-16(19)23(31-27)22-21(24(35)32-25(22)36)17-13-29-26-15(17)8-12-37-26;/h1-2,5-6,8,12-13,18,20,29H,3-4,7,9-11,14H2,(H,32,35,36);1H4/t18-,20-;/m0./s1. The molecular weight excluding hydrogens is 503 g/mol. The molecule has 2 N–H and O–H groups in total. The van der Waals surface area contributed by atoms with E-state index in [1.807, 2.05) is 40.6 Å². The van der Waals surface area contributed by atoms with E-state index in [0.717, 1.165) is 36.1 Å². The van der Waals surface area contributed by atoms with Crippen molar-refractivity contribution in [2.75, 3.05) is 31.1 Å². The Hall–Kier alpha value is -3.63. The van der Waals surface area contributed by atoms with Gasteiger partial charge >= 0.3 is 0 Å². The number of thiophene rings is 1. The number of hydrogen-bond donors (Lipinski definition) is 2. The number of halogens is 1. The minimum Gasteiger partial charge on any atom is -0.352 e. The van der Waals surface area contributed by atoms with Crippen LogP contribution in [0.25, 0.3) is 32.3 Å². The molecule has 0 radical (unpaired) electrons. The summed E-state index contributed by atoms with van der Waals surface area (Å²) in [5.74, 6) is -0.563. The van der Waals surface area contributed by atoms with Gasteiger partial charge in [0.1, 0.15) is 11.0 Å². The summed E-state index contributed by atoms with van der Waals surface area (Å²) in [6.45, 7) is 2.74. The number of H-pyrrole nitrogens is 1. The molecule has 2 amide bonds. The van der Waals surface area contributed by atoms with Crippen LogP contribution in [-0.4, -0.2) is 70.1 Å². The maximum absolute atomic E-state index is 15.4. The van der Waals surface area contributed by atoms with Gasteiger partial charge in [0.2, 0.25) is 5.95 Å². The lowest BCUT2D eigenvalue weighted by atomic mass is 9.97. The molecule has 2 saturated heterocycles. The number of likely N-dealkylation sites (tertiary alicyclic amines) is 1. The maximum Gasteiger partial charge on any atom is 0.261 e. The van der Waals surface area contributed by atoms with E-state index in [-0.39, 0.29) is 25.6 Å². The number of amides is 2. The normalized spacial score (nSPS) is 22.5. The van der Waals surface area contributed by atoms with Crippen molar-refractivity contribution in [1.82, 2.24) is 25.2 Å². The third-order valence-corrected chi connectivity index (χ3v) is 8.58. The van der Waals surface area contributed by atoms with Crippen LogP contribution in [0.15, 0.2) is 41.9 Å². The molecule has 3 aliphatic heterocycles. The van der Waals surface area contributed by atoms with Gasteiger partial charge in [0.15, 0.2) is 0 Å². The van der Waals surface area contributed by atoms with Crippen LogP contribution in [0.5, 0.6) is 0 Å². The molecule has 38 heavy (non-hydrogen) atoms. The number of carbonyl (C=O) groups is 2. The van der Waals surface area contributed by atoms with Crippen molar-refractivity contribution in [3.05, 3.63) is 53.2 Å². The number of para-hydroxylation sites is 1. The second-order valence-electron chi connectivity index (χ2n) is 9.85. The van der Waals surface area contributed by atoms with Gasteiger partial charge < -0.3 is 9.88 Å². The first-order valence-electron chi connectivity index (χ1n) is 12.6. The SMILES string of the molecule is C.O=C1NC(=O)C(c2c[nH]c3sccc23)=C1c1nc(N2CC[C@H](N3CCCC3)[C@@H](F)C2)nc2ccccc12. The van der Waals surface area contributed by atoms with Gasteiger partial charge in [-0.15, -0.1) is 11.3 Å². The summed E-state index contributed by atoms with van der Waals surface area (Å²) in [5, 5.41) is 5.96. The highest BCUT2D eigenvalue weighted by Gasteiger charge is 2.38. The molecule has 6 heterocycles. The van der Waals surface area contributed by atoms with Gasteiger partial charge in [-0.3, -0.25) is 19.8 Å². The number of imide groups is 1. The minimum atomic E-state index is -1.01. The molecule has 3 aliphatic rings. The van der Waals surface area contributed by atoms with Crippen LogP contribution < -0.4 is 10.2 Å². The van der Waals surface area contributed by atoms with Gasteiger partial charge in [-0.25, -0.2) is 14.4 Å². The Morgan fingerprint density at radius 2 is 1.76 bits per heavy atom. The summed E-state index contributed by atoms with van der Waals surface area (Å²) in [4.78, 5) is 44.1. The fraction of sp³-hybridized carbons (Fsp3) is 0.357. The number of alkyl halides is 1. The van der Waals surface area contributed by atoms with Crippen molar-refractivity contribution in [2.45, 2.75) is 38.9 Å². The zero-order valence-electron chi connectivity index (χ0n) is 20.0. The Kier molecular flexibility index (Phi) is 6.23. The maximum atomic E-state index is 15.4. The summed E-state index contributed by atoms with van der Waals surface area (Å²) >= 11 is 1.53. The van der Waals surface area contributed by atoms with Crippen LogP contribution in [0, 0.1) is 0 Å². The van der Waals surface area contributed by atoms with Crippen molar-refractivity contribution in [3.63, 3.8) is 0 Å². The van der Waals surface area contributed by atoms with E-state index >= 15 is 4.39 Å². The number of nitrogens with one attached hydrogen (secondary N) is 2. The van der Waals surface area contributed by atoms with Crippen LogP contribution in [0.3, 0.4) is 0 Å². The van der Waals surface area contributed by atoms with E-state index in [1.54, 1.807) is 6.20 Å². The molecule has 0 bridgehead atoms. The number of fused-ring (bicyclic) bond motifs is 2. The number of benzene rings is 1. The van der Waals surface area contributed by atoms with Crippen LogP contribution in [0.2, 0.25) is 0 Å². The van der Waals surface area contributed by atoms with Gasteiger partial charge in [0.05, 0.1) is 28.9 Å². The largest absolute Gasteiger partial charge is 0.352 e. The zero-order chi connectivity index (χ0) is 25.1. The fourth-order valence-electron chi connectivity index (χ4n) is 5.95. The first-order valence-corrected chi connectivity index (χ1v) is 13.5. The average molecular weight is 533 g/mol. The second kappa shape index (κ2) is 9.59. The molecule has 10 heteroatoms. The van der Waals surface area contributed by atoms with Gasteiger partial charge in [0, 0.05) is 35.1 Å². The lowest BCUT2D eigenvalue weighted by molar-refractivity contribution is -0.122. The predicted octanol–water partition coefficient (Wildman–Crippen LogP) is 4.39. The van der Waals surface area contributed by atoms with E-state index in [9.17, 15) is 9.59 Å². The molecule has 0 aliphatic carbocycles. The molecule has 8 nitrogen and oxygen atoms in total. The van der Waals surface area contributed by atoms with Crippen molar-refractivity contribution < 1.29 is 14.0 Å². The lowest BCUT2D eigenvalue weighted by Crippen LogP contribution is -2.52. The molecule has 1 aromatic carbocycles. The van der Waals surface area contributed by atoms with Crippen molar-refractivity contribution in [3.8, 4) is 0 Å². The fourth-order valence-corrected chi connectivity index (χ4v) is 6.72. The Bertz CT molecular complexity index is 1590. The van der Waals surface area contributed by atoms with Crippen LogP contribution in [-0.2, 0) is 9.59 Å². The van der Waals surface area contributed by atoms with Gasteiger partial charge in [-0.05, 0) is 49.9 Å². The molecule has 4 aromatic rings. The van der Waals surface area contributed by atoms with Crippen molar-refractivity contribution in [1.29, 1.82) is 0 Å². The lowest BCUT2D eigenvalue weighted by Gasteiger charge is -2.39. The molecule has 3 aromatic heterocycles. The quantitative estimate of drug-likeness (QED) is 0.379. The molecule has 0 spiro atoms. The van der Waals surface area contributed by atoms with E-state index < -0.39 is 18.0 Å². The monoisotopic (exact) mass is 532 g/mol. The number of nitrogens with zero attached hydrogens (tertiary/aromatic N) is 4. The number of aromatic nitrogens is 3. The summed E-state index contributed by atoms with van der Waals surface area (Å²) in [5.41, 5.74) is 2.21. The highest BCUT2D eigenvalue weighted by Crippen LogP contribution is 2.38. The molecule has 7 rings (SSSR count). The third-order valence-electron chi connectivity index (χ3n) is 7.73. The van der Waals surface area contributed by atoms with E-state index in [4.69, 9.17) is 9.97 Å².